The number of H-pyrrole nitrogens is 1. The fraction of sp³-hybridized carbons (Fsp3) is 0.167. The molecular formula is C12H12N4. The Hall–Kier alpha value is -2.10. The van der Waals surface area contributed by atoms with Crippen molar-refractivity contribution in [3.8, 4) is 11.4 Å². The molecule has 1 N–H and O–H groups in total. The van der Waals surface area contributed by atoms with Gasteiger partial charge in [0.1, 0.15) is 5.82 Å². The number of nitrogens with zero attached hydrogens (tertiary/aromatic N) is 3. The molecule has 4 heteroatoms. The molecule has 4 nitrogen and oxygen atoms in total. The molecule has 0 saturated heterocycles. The summed E-state index contributed by atoms with van der Waals surface area (Å²) in [4.78, 5) is 7.81. The van der Waals surface area contributed by atoms with Crippen molar-refractivity contribution in [2.45, 2.75) is 13.5 Å². The van der Waals surface area contributed by atoms with Crippen LogP contribution in [0.5, 0.6) is 0 Å². The first kappa shape index (κ1) is 9.15. The minimum atomic E-state index is 0.875. The molecule has 0 atom stereocenters. The first-order valence-corrected chi connectivity index (χ1v) is 5.34. The largest absolute Gasteiger partial charge is 0.338 e. The third kappa shape index (κ3) is 1.39. The average Bonchev–Trinajstić information content (AvgIpc) is 2.95. The Kier molecular flexibility index (Phi) is 1.99. The molecule has 3 rings (SSSR count). The van der Waals surface area contributed by atoms with Crippen LogP contribution in [0, 0.1) is 0 Å². The second-order valence-corrected chi connectivity index (χ2v) is 3.69. The summed E-state index contributed by atoms with van der Waals surface area (Å²) in [7, 11) is 0. The van der Waals surface area contributed by atoms with E-state index in [1.165, 1.54) is 0 Å². The van der Waals surface area contributed by atoms with Gasteiger partial charge in [-0.3, -0.25) is 4.68 Å². The van der Waals surface area contributed by atoms with Crippen LogP contribution in [0.1, 0.15) is 6.92 Å². The summed E-state index contributed by atoms with van der Waals surface area (Å²) in [6.07, 6.45) is 3.83. The van der Waals surface area contributed by atoms with Crippen LogP contribution >= 0.6 is 0 Å². The summed E-state index contributed by atoms with van der Waals surface area (Å²) in [5, 5.41) is 4.24. The molecule has 3 aromatic rings. The molecule has 80 valence electrons. The van der Waals surface area contributed by atoms with Crippen molar-refractivity contribution >= 4 is 11.0 Å². The van der Waals surface area contributed by atoms with Crippen LogP contribution in [-0.4, -0.2) is 19.7 Å². The van der Waals surface area contributed by atoms with Gasteiger partial charge in [-0.05, 0) is 19.1 Å². The summed E-state index contributed by atoms with van der Waals surface area (Å²) < 4.78 is 1.89. The lowest BCUT2D eigenvalue weighted by molar-refractivity contribution is 0.660. The lowest BCUT2D eigenvalue weighted by Gasteiger charge is -1.90. The normalized spacial score (nSPS) is 11.1. The zero-order valence-corrected chi connectivity index (χ0v) is 9.01. The summed E-state index contributed by atoms with van der Waals surface area (Å²) in [5.74, 6) is 0.876. The molecule has 0 aliphatic rings. The zero-order chi connectivity index (χ0) is 11.0. The molecule has 0 aliphatic heterocycles. The van der Waals surface area contributed by atoms with Gasteiger partial charge < -0.3 is 4.98 Å². The number of aromatic nitrogens is 4. The van der Waals surface area contributed by atoms with E-state index in [2.05, 4.69) is 22.0 Å². The Bertz CT molecular complexity index is 588. The quantitative estimate of drug-likeness (QED) is 0.709. The van der Waals surface area contributed by atoms with Gasteiger partial charge in [0, 0.05) is 12.7 Å². The van der Waals surface area contributed by atoms with Gasteiger partial charge in [-0.2, -0.15) is 5.10 Å². The van der Waals surface area contributed by atoms with Gasteiger partial charge in [-0.1, -0.05) is 12.1 Å². The molecule has 0 saturated carbocycles. The predicted molar refractivity (Wildman–Crippen MR) is 63.0 cm³/mol. The van der Waals surface area contributed by atoms with E-state index in [9.17, 15) is 0 Å². The van der Waals surface area contributed by atoms with Crippen molar-refractivity contribution in [1.82, 2.24) is 19.7 Å². The highest BCUT2D eigenvalue weighted by molar-refractivity contribution is 5.78. The van der Waals surface area contributed by atoms with Crippen LogP contribution < -0.4 is 0 Å². The number of nitrogens with one attached hydrogen (secondary N) is 1. The Labute approximate surface area is 92.9 Å². The lowest BCUT2D eigenvalue weighted by atomic mass is 10.3. The zero-order valence-electron chi connectivity index (χ0n) is 9.01. The molecule has 0 fully saturated rings. The lowest BCUT2D eigenvalue weighted by Crippen LogP contribution is -1.92. The monoisotopic (exact) mass is 212 g/mol. The molecule has 1 aromatic carbocycles. The van der Waals surface area contributed by atoms with Gasteiger partial charge in [0.15, 0.2) is 0 Å². The van der Waals surface area contributed by atoms with Crippen molar-refractivity contribution in [1.29, 1.82) is 0 Å². The number of aryl methyl sites for hydroxylation is 1. The second-order valence-electron chi connectivity index (χ2n) is 3.69. The van der Waals surface area contributed by atoms with Gasteiger partial charge in [-0.25, -0.2) is 4.98 Å². The fourth-order valence-corrected chi connectivity index (χ4v) is 1.75. The van der Waals surface area contributed by atoms with Crippen molar-refractivity contribution in [2.24, 2.45) is 0 Å². The van der Waals surface area contributed by atoms with E-state index in [4.69, 9.17) is 0 Å². The molecule has 0 aliphatic carbocycles. The van der Waals surface area contributed by atoms with Crippen molar-refractivity contribution in [2.75, 3.05) is 0 Å². The summed E-state index contributed by atoms with van der Waals surface area (Å²) in [6, 6.07) is 8.01. The predicted octanol–water partition coefficient (Wildman–Crippen LogP) is 2.45. The Balaban J connectivity index is 2.11. The van der Waals surface area contributed by atoms with E-state index in [1.807, 2.05) is 41.3 Å². The smallest absolute Gasteiger partial charge is 0.141 e. The number of aromatic amines is 1. The molecule has 0 bridgehead atoms. The van der Waals surface area contributed by atoms with E-state index in [1.54, 1.807) is 0 Å². The number of rotatable bonds is 2. The molecule has 0 amide bonds. The van der Waals surface area contributed by atoms with E-state index in [0.717, 1.165) is 29.0 Å². The molecule has 2 aromatic heterocycles. The Morgan fingerprint density at radius 1 is 1.31 bits per heavy atom. The van der Waals surface area contributed by atoms with E-state index < -0.39 is 0 Å². The van der Waals surface area contributed by atoms with Gasteiger partial charge in [-0.15, -0.1) is 0 Å². The molecular weight excluding hydrogens is 200 g/mol. The van der Waals surface area contributed by atoms with E-state index in [-0.39, 0.29) is 0 Å². The summed E-state index contributed by atoms with van der Waals surface area (Å²) >= 11 is 0. The summed E-state index contributed by atoms with van der Waals surface area (Å²) in [6.45, 7) is 2.94. The van der Waals surface area contributed by atoms with Gasteiger partial charge in [0.25, 0.3) is 0 Å². The number of benzene rings is 1. The van der Waals surface area contributed by atoms with Crippen LogP contribution in [0.2, 0.25) is 0 Å². The summed E-state index contributed by atoms with van der Waals surface area (Å²) in [5.41, 5.74) is 3.07. The van der Waals surface area contributed by atoms with Crippen molar-refractivity contribution in [3.63, 3.8) is 0 Å². The van der Waals surface area contributed by atoms with Crippen LogP contribution in [-0.2, 0) is 6.54 Å². The van der Waals surface area contributed by atoms with Gasteiger partial charge in [0.05, 0.1) is 22.8 Å². The van der Waals surface area contributed by atoms with Crippen molar-refractivity contribution < 1.29 is 0 Å². The molecule has 0 spiro atoms. The fourth-order valence-electron chi connectivity index (χ4n) is 1.75. The number of imidazole rings is 1. The van der Waals surface area contributed by atoms with Crippen LogP contribution in [0.25, 0.3) is 22.4 Å². The minimum Gasteiger partial charge on any atom is -0.338 e. The molecule has 16 heavy (non-hydrogen) atoms. The standard InChI is InChI=1S/C12H12N4/c1-2-16-8-9(7-13-16)12-14-10-5-3-4-6-11(10)15-12/h3-8H,2H2,1H3,(H,14,15). The number of fused-ring (bicyclic) bond motifs is 1. The topological polar surface area (TPSA) is 46.5 Å². The second kappa shape index (κ2) is 3.48. The maximum absolute atomic E-state index is 4.52. The maximum atomic E-state index is 4.52. The highest BCUT2D eigenvalue weighted by Crippen LogP contribution is 2.19. The molecule has 2 heterocycles. The first-order valence-electron chi connectivity index (χ1n) is 5.34. The maximum Gasteiger partial charge on any atom is 0.141 e. The third-order valence-corrected chi connectivity index (χ3v) is 2.62. The third-order valence-electron chi connectivity index (χ3n) is 2.62. The van der Waals surface area contributed by atoms with E-state index >= 15 is 0 Å². The van der Waals surface area contributed by atoms with Crippen LogP contribution in [0.4, 0.5) is 0 Å². The Morgan fingerprint density at radius 2 is 2.19 bits per heavy atom. The van der Waals surface area contributed by atoms with Gasteiger partial charge in [0.2, 0.25) is 0 Å². The molecule has 0 unspecified atom stereocenters. The van der Waals surface area contributed by atoms with Crippen LogP contribution in [0.3, 0.4) is 0 Å². The molecule has 0 radical (unpaired) electrons. The highest BCUT2D eigenvalue weighted by Gasteiger charge is 2.06. The first-order chi connectivity index (χ1) is 7.86. The number of para-hydroxylation sites is 2. The Morgan fingerprint density at radius 3 is 2.94 bits per heavy atom. The number of hydrogen-bond donors (Lipinski definition) is 1. The SMILES string of the molecule is CCn1cc(-c2nc3ccccc3[nH]2)cn1. The number of hydrogen-bond acceptors (Lipinski definition) is 2. The highest BCUT2D eigenvalue weighted by atomic mass is 15.3. The van der Waals surface area contributed by atoms with Crippen molar-refractivity contribution in [3.05, 3.63) is 36.7 Å². The average molecular weight is 212 g/mol. The van der Waals surface area contributed by atoms with Crippen LogP contribution in [0.15, 0.2) is 36.7 Å². The minimum absolute atomic E-state index is 0.875. The van der Waals surface area contributed by atoms with Gasteiger partial charge >= 0.3 is 0 Å². The van der Waals surface area contributed by atoms with E-state index in [0.29, 0.717) is 0 Å².